The summed E-state index contributed by atoms with van der Waals surface area (Å²) in [7, 11) is -1.65. The molecule has 24 heavy (non-hydrogen) atoms. The van der Waals surface area contributed by atoms with Crippen LogP contribution in [0.4, 0.5) is 0 Å². The van der Waals surface area contributed by atoms with Crippen LogP contribution in [0, 0.1) is 0 Å². The standard InChI is InChI=1S/C17H29N3O3S/c1-15(2)18-24(21,22)20-12-10-19(11-13-20)9-5-7-16-6-4-8-17(14-16)23-3/h4,6,8,14-15,18H,5,7,9-13H2,1-3H3. The van der Waals surface area contributed by atoms with Gasteiger partial charge in [0.25, 0.3) is 10.2 Å². The number of benzene rings is 1. The summed E-state index contributed by atoms with van der Waals surface area (Å²) in [4.78, 5) is 2.33. The number of aryl methyl sites for hydroxylation is 1. The number of ether oxygens (including phenoxy) is 1. The van der Waals surface area contributed by atoms with Gasteiger partial charge in [0.15, 0.2) is 0 Å². The van der Waals surface area contributed by atoms with E-state index in [4.69, 9.17) is 4.74 Å². The van der Waals surface area contributed by atoms with Gasteiger partial charge >= 0.3 is 0 Å². The van der Waals surface area contributed by atoms with Crippen molar-refractivity contribution in [2.75, 3.05) is 39.8 Å². The Hall–Kier alpha value is -1.15. The fraction of sp³-hybridized carbons (Fsp3) is 0.647. The van der Waals surface area contributed by atoms with E-state index in [2.05, 4.69) is 21.8 Å². The van der Waals surface area contributed by atoms with Gasteiger partial charge < -0.3 is 9.64 Å². The largest absolute Gasteiger partial charge is 0.497 e. The van der Waals surface area contributed by atoms with Crippen molar-refractivity contribution < 1.29 is 13.2 Å². The molecule has 136 valence electrons. The van der Waals surface area contributed by atoms with Crippen molar-refractivity contribution >= 4 is 10.2 Å². The van der Waals surface area contributed by atoms with Crippen LogP contribution >= 0.6 is 0 Å². The lowest BCUT2D eigenvalue weighted by Gasteiger charge is -2.34. The quantitative estimate of drug-likeness (QED) is 0.767. The topological polar surface area (TPSA) is 61.9 Å². The lowest BCUT2D eigenvalue weighted by Crippen LogP contribution is -2.53. The van der Waals surface area contributed by atoms with Crippen LogP contribution in [-0.4, -0.2) is 63.5 Å². The summed E-state index contributed by atoms with van der Waals surface area (Å²) >= 11 is 0. The number of hydrogen-bond donors (Lipinski definition) is 1. The number of nitrogens with zero attached hydrogens (tertiary/aromatic N) is 2. The molecule has 6 nitrogen and oxygen atoms in total. The van der Waals surface area contributed by atoms with Crippen molar-refractivity contribution in [3.8, 4) is 5.75 Å². The lowest BCUT2D eigenvalue weighted by molar-refractivity contribution is 0.185. The highest BCUT2D eigenvalue weighted by Gasteiger charge is 2.26. The van der Waals surface area contributed by atoms with Gasteiger partial charge in [-0.05, 0) is 50.9 Å². The highest BCUT2D eigenvalue weighted by atomic mass is 32.2. The average Bonchev–Trinajstić information content (AvgIpc) is 2.54. The minimum atomic E-state index is -3.33. The summed E-state index contributed by atoms with van der Waals surface area (Å²) in [5.41, 5.74) is 1.27. The molecular formula is C17H29N3O3S. The third-order valence-electron chi connectivity index (χ3n) is 4.13. The predicted octanol–water partition coefficient (Wildman–Crippen LogP) is 1.49. The van der Waals surface area contributed by atoms with E-state index in [1.54, 1.807) is 11.4 Å². The number of hydrogen-bond acceptors (Lipinski definition) is 4. The van der Waals surface area contributed by atoms with Crippen LogP contribution in [0.25, 0.3) is 0 Å². The highest BCUT2D eigenvalue weighted by molar-refractivity contribution is 7.87. The van der Waals surface area contributed by atoms with E-state index in [-0.39, 0.29) is 6.04 Å². The van der Waals surface area contributed by atoms with Crippen molar-refractivity contribution in [2.45, 2.75) is 32.7 Å². The molecule has 0 aromatic heterocycles. The van der Waals surface area contributed by atoms with Crippen LogP contribution in [0.3, 0.4) is 0 Å². The molecule has 0 bridgehead atoms. The zero-order valence-corrected chi connectivity index (χ0v) is 15.7. The summed E-state index contributed by atoms with van der Waals surface area (Å²) in [6.45, 7) is 7.36. The summed E-state index contributed by atoms with van der Waals surface area (Å²) in [5.74, 6) is 0.893. The van der Waals surface area contributed by atoms with Crippen LogP contribution in [0.15, 0.2) is 24.3 Å². The van der Waals surface area contributed by atoms with Gasteiger partial charge in [-0.3, -0.25) is 0 Å². The number of nitrogens with one attached hydrogen (secondary N) is 1. The first-order chi connectivity index (χ1) is 11.4. The molecular weight excluding hydrogens is 326 g/mol. The second-order valence-electron chi connectivity index (χ2n) is 6.47. The Morgan fingerprint density at radius 3 is 2.54 bits per heavy atom. The number of methoxy groups -OCH3 is 1. The Balaban J connectivity index is 1.73. The third-order valence-corrected chi connectivity index (χ3v) is 5.94. The predicted molar refractivity (Wildman–Crippen MR) is 96.5 cm³/mol. The van der Waals surface area contributed by atoms with Crippen molar-refractivity contribution in [1.29, 1.82) is 0 Å². The van der Waals surface area contributed by atoms with Gasteiger partial charge in [0, 0.05) is 32.2 Å². The van der Waals surface area contributed by atoms with Crippen LogP contribution in [0.5, 0.6) is 5.75 Å². The van der Waals surface area contributed by atoms with Gasteiger partial charge in [-0.1, -0.05) is 12.1 Å². The van der Waals surface area contributed by atoms with Gasteiger partial charge in [0.2, 0.25) is 0 Å². The molecule has 0 atom stereocenters. The minimum Gasteiger partial charge on any atom is -0.497 e. The van der Waals surface area contributed by atoms with Gasteiger partial charge in [-0.2, -0.15) is 17.4 Å². The Labute approximate surface area is 146 Å². The minimum absolute atomic E-state index is 0.0732. The van der Waals surface area contributed by atoms with Crippen molar-refractivity contribution in [1.82, 2.24) is 13.9 Å². The van der Waals surface area contributed by atoms with Crippen molar-refractivity contribution in [2.24, 2.45) is 0 Å². The van der Waals surface area contributed by atoms with E-state index in [1.165, 1.54) is 5.56 Å². The normalized spacial score (nSPS) is 17.3. The Kier molecular flexibility index (Phi) is 7.03. The molecule has 0 saturated carbocycles. The maximum Gasteiger partial charge on any atom is 0.279 e. The summed E-state index contributed by atoms with van der Waals surface area (Å²) in [6.07, 6.45) is 2.06. The van der Waals surface area contributed by atoms with Gasteiger partial charge in [0.05, 0.1) is 7.11 Å². The molecule has 1 aromatic rings. The monoisotopic (exact) mass is 355 g/mol. The Morgan fingerprint density at radius 2 is 1.92 bits per heavy atom. The molecule has 0 spiro atoms. The Bertz CT molecular complexity index is 611. The first kappa shape index (κ1) is 19.2. The van der Waals surface area contributed by atoms with Crippen LogP contribution in [-0.2, 0) is 16.6 Å². The molecule has 1 fully saturated rings. The number of piperazine rings is 1. The summed E-state index contributed by atoms with van der Waals surface area (Å²) < 4.78 is 33.7. The van der Waals surface area contributed by atoms with E-state index in [9.17, 15) is 8.42 Å². The lowest BCUT2D eigenvalue weighted by atomic mass is 10.1. The van der Waals surface area contributed by atoms with Crippen LogP contribution < -0.4 is 9.46 Å². The second kappa shape index (κ2) is 8.80. The van der Waals surface area contributed by atoms with Crippen molar-refractivity contribution in [3.05, 3.63) is 29.8 Å². The van der Waals surface area contributed by atoms with Crippen molar-refractivity contribution in [3.63, 3.8) is 0 Å². The fourth-order valence-corrected chi connectivity index (χ4v) is 4.29. The van der Waals surface area contributed by atoms with E-state index in [0.717, 1.165) is 38.2 Å². The molecule has 1 N–H and O–H groups in total. The zero-order valence-electron chi connectivity index (χ0n) is 14.9. The first-order valence-electron chi connectivity index (χ1n) is 8.53. The molecule has 1 saturated heterocycles. The maximum atomic E-state index is 12.1. The Morgan fingerprint density at radius 1 is 1.21 bits per heavy atom. The third kappa shape index (κ3) is 5.73. The molecule has 0 aliphatic carbocycles. The molecule has 0 amide bonds. The second-order valence-corrected chi connectivity index (χ2v) is 8.18. The molecule has 7 heteroatoms. The fourth-order valence-electron chi connectivity index (χ4n) is 2.90. The van der Waals surface area contributed by atoms with Gasteiger partial charge in [0.1, 0.15) is 5.75 Å². The summed E-state index contributed by atoms with van der Waals surface area (Å²) in [5, 5.41) is 0. The smallest absolute Gasteiger partial charge is 0.279 e. The first-order valence-corrected chi connectivity index (χ1v) is 9.97. The molecule has 0 radical (unpaired) electrons. The van der Waals surface area contributed by atoms with E-state index in [0.29, 0.717) is 13.1 Å². The molecule has 2 rings (SSSR count). The summed E-state index contributed by atoms with van der Waals surface area (Å²) in [6, 6.07) is 8.08. The number of rotatable bonds is 8. The van der Waals surface area contributed by atoms with E-state index in [1.807, 2.05) is 26.0 Å². The van der Waals surface area contributed by atoms with Gasteiger partial charge in [-0.15, -0.1) is 0 Å². The molecule has 1 heterocycles. The molecule has 1 aliphatic rings. The average molecular weight is 356 g/mol. The SMILES string of the molecule is COc1cccc(CCCN2CCN(S(=O)(=O)NC(C)C)CC2)c1. The van der Waals surface area contributed by atoms with E-state index >= 15 is 0 Å². The maximum absolute atomic E-state index is 12.1. The van der Waals surface area contributed by atoms with Crippen LogP contribution in [0.1, 0.15) is 25.8 Å². The van der Waals surface area contributed by atoms with Gasteiger partial charge in [-0.25, -0.2) is 0 Å². The molecule has 1 aliphatic heterocycles. The zero-order chi connectivity index (χ0) is 17.6. The molecule has 1 aromatic carbocycles. The molecule has 0 unspecified atom stereocenters. The van der Waals surface area contributed by atoms with Crippen LogP contribution in [0.2, 0.25) is 0 Å². The van der Waals surface area contributed by atoms with E-state index < -0.39 is 10.2 Å². The highest BCUT2D eigenvalue weighted by Crippen LogP contribution is 2.14.